The Morgan fingerprint density at radius 2 is 1.95 bits per heavy atom. The Balaban J connectivity index is 2.17. The van der Waals surface area contributed by atoms with Crippen molar-refractivity contribution in [1.82, 2.24) is 0 Å². The molecule has 1 saturated carbocycles. The molecule has 0 spiro atoms. The Kier molecular flexibility index (Phi) is 4.81. The molecule has 0 aromatic heterocycles. The van der Waals surface area contributed by atoms with E-state index in [1.165, 1.54) is 25.7 Å². The van der Waals surface area contributed by atoms with E-state index in [2.05, 4.69) is 25.2 Å². The summed E-state index contributed by atoms with van der Waals surface area (Å²) in [6, 6.07) is 8.65. The predicted octanol–water partition coefficient (Wildman–Crippen LogP) is 3.95. The molecule has 1 fully saturated rings. The van der Waals surface area contributed by atoms with E-state index in [9.17, 15) is 0 Å². The quantitative estimate of drug-likeness (QED) is 0.818. The second-order valence-electron chi connectivity index (χ2n) is 5.85. The maximum absolute atomic E-state index is 5.81. The van der Waals surface area contributed by atoms with E-state index in [0.717, 1.165) is 23.1 Å². The minimum absolute atomic E-state index is 0.472. The van der Waals surface area contributed by atoms with Crippen LogP contribution in [0.15, 0.2) is 24.3 Å². The molecule has 2 nitrogen and oxygen atoms in total. The van der Waals surface area contributed by atoms with Crippen molar-refractivity contribution in [3.8, 4) is 0 Å². The van der Waals surface area contributed by atoms with Gasteiger partial charge in [0.25, 0.3) is 0 Å². The van der Waals surface area contributed by atoms with Crippen molar-refractivity contribution in [3.05, 3.63) is 29.8 Å². The average Bonchev–Trinajstić information content (AvgIpc) is 2.39. The minimum Gasteiger partial charge on any atom is -0.389 e. The third kappa shape index (κ3) is 3.47. The van der Waals surface area contributed by atoms with E-state index in [4.69, 9.17) is 18.0 Å². The van der Waals surface area contributed by atoms with E-state index < -0.39 is 0 Å². The number of thiocarbonyl (C=S) groups is 1. The zero-order chi connectivity index (χ0) is 13.8. The molecule has 0 aliphatic heterocycles. The van der Waals surface area contributed by atoms with Crippen molar-refractivity contribution in [2.24, 2.45) is 17.6 Å². The zero-order valence-corrected chi connectivity index (χ0v) is 12.7. The number of nitrogens with one attached hydrogen (secondary N) is 1. The molecular weight excluding hydrogens is 252 g/mol. The fourth-order valence-corrected chi connectivity index (χ4v) is 3.34. The van der Waals surface area contributed by atoms with Crippen molar-refractivity contribution in [2.45, 2.75) is 45.6 Å². The highest BCUT2D eigenvalue weighted by molar-refractivity contribution is 7.80. The van der Waals surface area contributed by atoms with Gasteiger partial charge in [-0.3, -0.25) is 0 Å². The molecule has 19 heavy (non-hydrogen) atoms. The summed E-state index contributed by atoms with van der Waals surface area (Å²) in [6.45, 7) is 4.65. The van der Waals surface area contributed by atoms with Crippen molar-refractivity contribution >= 4 is 22.9 Å². The van der Waals surface area contributed by atoms with Crippen molar-refractivity contribution in [3.63, 3.8) is 0 Å². The Bertz CT molecular complexity index is 442. The SMILES string of the molecule is CC(C)C1CCCCC1Nc1ccccc1C(N)=S. The molecule has 1 aromatic rings. The highest BCUT2D eigenvalue weighted by Crippen LogP contribution is 2.32. The lowest BCUT2D eigenvalue weighted by molar-refractivity contribution is 0.254. The average molecular weight is 276 g/mol. The van der Waals surface area contributed by atoms with E-state index in [0.29, 0.717) is 11.0 Å². The molecule has 2 rings (SSSR count). The van der Waals surface area contributed by atoms with Gasteiger partial charge in [-0.25, -0.2) is 0 Å². The van der Waals surface area contributed by atoms with Gasteiger partial charge < -0.3 is 11.1 Å². The van der Waals surface area contributed by atoms with E-state index in [-0.39, 0.29) is 0 Å². The molecule has 0 amide bonds. The van der Waals surface area contributed by atoms with Gasteiger partial charge in [-0.2, -0.15) is 0 Å². The lowest BCUT2D eigenvalue weighted by atomic mass is 9.77. The van der Waals surface area contributed by atoms with Crippen molar-refractivity contribution in [2.75, 3.05) is 5.32 Å². The first kappa shape index (κ1) is 14.3. The Hall–Kier alpha value is -1.09. The first-order chi connectivity index (χ1) is 9.09. The van der Waals surface area contributed by atoms with Crippen LogP contribution in [0.1, 0.15) is 45.1 Å². The maximum atomic E-state index is 5.81. The molecule has 0 saturated heterocycles. The van der Waals surface area contributed by atoms with Gasteiger partial charge in [0.15, 0.2) is 0 Å². The normalized spacial score (nSPS) is 23.3. The summed E-state index contributed by atoms with van der Waals surface area (Å²) in [5, 5.41) is 3.69. The molecule has 3 N–H and O–H groups in total. The van der Waals surface area contributed by atoms with Crippen LogP contribution in [-0.2, 0) is 0 Å². The van der Waals surface area contributed by atoms with Crippen LogP contribution in [-0.4, -0.2) is 11.0 Å². The van der Waals surface area contributed by atoms with E-state index >= 15 is 0 Å². The minimum atomic E-state index is 0.472. The molecule has 2 atom stereocenters. The fraction of sp³-hybridized carbons (Fsp3) is 0.562. The molecule has 0 bridgehead atoms. The monoisotopic (exact) mass is 276 g/mol. The smallest absolute Gasteiger partial charge is 0.106 e. The first-order valence-electron chi connectivity index (χ1n) is 7.25. The van der Waals surface area contributed by atoms with Gasteiger partial charge in [0, 0.05) is 17.3 Å². The lowest BCUT2D eigenvalue weighted by Gasteiger charge is -2.36. The van der Waals surface area contributed by atoms with Gasteiger partial charge in [-0.05, 0) is 36.8 Å². The molecule has 1 aliphatic carbocycles. The van der Waals surface area contributed by atoms with Crippen LogP contribution in [0.3, 0.4) is 0 Å². The number of hydrogen-bond acceptors (Lipinski definition) is 2. The van der Waals surface area contributed by atoms with Crippen molar-refractivity contribution < 1.29 is 0 Å². The molecule has 2 unspecified atom stereocenters. The van der Waals surface area contributed by atoms with Crippen molar-refractivity contribution in [1.29, 1.82) is 0 Å². The molecule has 1 aliphatic rings. The topological polar surface area (TPSA) is 38.0 Å². The molecule has 3 heteroatoms. The van der Waals surface area contributed by atoms with Gasteiger partial charge in [0.05, 0.1) is 0 Å². The van der Waals surface area contributed by atoms with E-state index in [1.807, 2.05) is 18.2 Å². The molecule has 0 heterocycles. The van der Waals surface area contributed by atoms with Gasteiger partial charge in [0.1, 0.15) is 4.99 Å². The summed E-state index contributed by atoms with van der Waals surface area (Å²) in [4.78, 5) is 0.472. The van der Waals surface area contributed by atoms with E-state index in [1.54, 1.807) is 0 Å². The Labute approximate surface area is 121 Å². The van der Waals surface area contributed by atoms with Gasteiger partial charge in [-0.1, -0.05) is 51.0 Å². The van der Waals surface area contributed by atoms with Crippen LogP contribution in [0.4, 0.5) is 5.69 Å². The Morgan fingerprint density at radius 3 is 2.63 bits per heavy atom. The molecule has 1 aromatic carbocycles. The third-order valence-corrected chi connectivity index (χ3v) is 4.43. The molecular formula is C16H24N2S. The summed E-state index contributed by atoms with van der Waals surface area (Å²) in [5.74, 6) is 1.46. The first-order valence-corrected chi connectivity index (χ1v) is 7.65. The number of anilines is 1. The van der Waals surface area contributed by atoms with Crippen LogP contribution in [0.2, 0.25) is 0 Å². The second-order valence-corrected chi connectivity index (χ2v) is 6.29. The molecule has 0 radical (unpaired) electrons. The number of hydrogen-bond donors (Lipinski definition) is 2. The number of rotatable bonds is 4. The summed E-state index contributed by atoms with van der Waals surface area (Å²) < 4.78 is 0. The zero-order valence-electron chi connectivity index (χ0n) is 11.9. The highest BCUT2D eigenvalue weighted by Gasteiger charge is 2.27. The lowest BCUT2D eigenvalue weighted by Crippen LogP contribution is -2.35. The summed E-state index contributed by atoms with van der Waals surface area (Å²) in [7, 11) is 0. The van der Waals surface area contributed by atoms with Crippen LogP contribution in [0.5, 0.6) is 0 Å². The third-order valence-electron chi connectivity index (χ3n) is 4.21. The van der Waals surface area contributed by atoms with Gasteiger partial charge in [0.2, 0.25) is 0 Å². The van der Waals surface area contributed by atoms with Crippen LogP contribution < -0.4 is 11.1 Å². The molecule has 104 valence electrons. The second kappa shape index (κ2) is 6.38. The summed E-state index contributed by atoms with van der Waals surface area (Å²) in [6.07, 6.45) is 5.24. The standard InChI is InChI=1S/C16H24N2S/c1-11(2)12-7-3-5-9-14(12)18-15-10-6-4-8-13(15)16(17)19/h4,6,8,10-12,14,18H,3,5,7,9H2,1-2H3,(H2,17,19). The maximum Gasteiger partial charge on any atom is 0.106 e. The van der Waals surface area contributed by atoms with Gasteiger partial charge >= 0.3 is 0 Å². The van der Waals surface area contributed by atoms with Gasteiger partial charge in [-0.15, -0.1) is 0 Å². The van der Waals surface area contributed by atoms with Crippen LogP contribution in [0.25, 0.3) is 0 Å². The Morgan fingerprint density at radius 1 is 1.26 bits per heavy atom. The van der Waals surface area contributed by atoms with Crippen LogP contribution >= 0.6 is 12.2 Å². The number of para-hydroxylation sites is 1. The summed E-state index contributed by atoms with van der Waals surface area (Å²) in [5.41, 5.74) is 7.86. The van der Waals surface area contributed by atoms with Crippen LogP contribution in [0, 0.1) is 11.8 Å². The number of nitrogens with two attached hydrogens (primary N) is 1. The summed E-state index contributed by atoms with van der Waals surface area (Å²) >= 11 is 5.14. The number of benzene rings is 1. The highest BCUT2D eigenvalue weighted by atomic mass is 32.1. The largest absolute Gasteiger partial charge is 0.389 e. The predicted molar refractivity (Wildman–Crippen MR) is 86.5 cm³/mol. The fourth-order valence-electron chi connectivity index (χ4n) is 3.16.